The molecule has 0 bridgehead atoms. The Bertz CT molecular complexity index is 6710. The van der Waals surface area contributed by atoms with E-state index in [4.69, 9.17) is 9.84 Å². The first-order valence-corrected chi connectivity index (χ1v) is 37.0. The number of hydrogen-bond acceptors (Lipinski definition) is 18. The van der Waals surface area contributed by atoms with E-state index in [9.17, 15) is 156 Å². The van der Waals surface area contributed by atoms with Crippen LogP contribution in [0.15, 0.2) is 189 Å². The van der Waals surface area contributed by atoms with Gasteiger partial charge in [0.05, 0.1) is 95.7 Å². The maximum absolute atomic E-state index is 13.9. The minimum atomic E-state index is -4.55. The third kappa shape index (κ3) is 22.5. The van der Waals surface area contributed by atoms with Crippen LogP contribution < -0.4 is 0 Å². The Kier molecular flexibility index (Phi) is 29.1. The van der Waals surface area contributed by atoms with Crippen molar-refractivity contribution in [3.05, 3.63) is 346 Å². The fraction of sp³-hybridized carbons (Fsp3) is 0.157. The van der Waals surface area contributed by atoms with Crippen LogP contribution in [0.3, 0.4) is 0 Å². The van der Waals surface area contributed by atoms with E-state index in [2.05, 4.69) is 29.9 Å². The molecule has 3 atom stereocenters. The summed E-state index contributed by atoms with van der Waals surface area (Å²) in [6, 6.07) is 28.1. The van der Waals surface area contributed by atoms with Gasteiger partial charge in [-0.2, -0.15) is 39.5 Å². The summed E-state index contributed by atoms with van der Waals surface area (Å²) in [6.07, 6.45) is -8.20. The van der Waals surface area contributed by atoms with Gasteiger partial charge >= 0.3 is 36.4 Å². The number of ketones is 1. The largest absolute Gasteiger partial charge is 0.481 e. The van der Waals surface area contributed by atoms with E-state index in [-0.39, 0.29) is 115 Å². The number of aromatic carboxylic acids is 1. The predicted molar refractivity (Wildman–Crippen MR) is 431 cm³/mol. The molecule has 6 aromatic heterocycles. The van der Waals surface area contributed by atoms with Gasteiger partial charge in [-0.15, -0.1) is 0 Å². The number of aromatic amines is 6. The summed E-state index contributed by atoms with van der Waals surface area (Å²) in [6.45, 7) is 2.89. The van der Waals surface area contributed by atoms with Gasteiger partial charge in [-0.25, -0.2) is 35.9 Å². The Morgan fingerprint density at radius 3 is 1.00 bits per heavy atom. The number of alkyl halides is 9. The number of carbonyl (C=O) groups is 4. The highest BCUT2D eigenvalue weighted by Crippen LogP contribution is 2.44. The quantitative estimate of drug-likeness (QED) is 0.0140. The molecule has 47 heteroatoms. The third-order valence-corrected chi connectivity index (χ3v) is 19.5. The van der Waals surface area contributed by atoms with Crippen LogP contribution in [0.2, 0.25) is 0 Å². The number of Topliss-reactive ketones (excluding diaryl/α,β-unsaturated/α-hetero) is 1. The Morgan fingerprint density at radius 2 is 0.685 bits per heavy atom. The van der Waals surface area contributed by atoms with Crippen molar-refractivity contribution in [1.82, 2.24) is 29.9 Å². The van der Waals surface area contributed by atoms with Crippen molar-refractivity contribution in [2.24, 2.45) is 0 Å². The average Bonchev–Trinajstić information content (AvgIpc) is 1.62. The smallest absolute Gasteiger partial charge is 0.416 e. The molecular weight excluding hydrogens is 1770 g/mol. The van der Waals surface area contributed by atoms with E-state index in [1.807, 2.05) is 0 Å². The zero-order valence-electron chi connectivity index (χ0n) is 65.8. The van der Waals surface area contributed by atoms with Gasteiger partial charge in [0.25, 0.3) is 34.1 Å². The van der Waals surface area contributed by atoms with Gasteiger partial charge in [0.2, 0.25) is 0 Å². The summed E-state index contributed by atoms with van der Waals surface area (Å²) >= 11 is 0. The van der Waals surface area contributed by atoms with Gasteiger partial charge in [0.15, 0.2) is 0 Å². The maximum atomic E-state index is 13.9. The van der Waals surface area contributed by atoms with Gasteiger partial charge in [-0.05, 0) is 145 Å². The highest BCUT2D eigenvalue weighted by molar-refractivity contribution is 5.99. The summed E-state index contributed by atoms with van der Waals surface area (Å²) < 4.78 is 200. The Morgan fingerprint density at radius 1 is 0.385 bits per heavy atom. The lowest BCUT2D eigenvalue weighted by molar-refractivity contribution is -0.383. The topological polar surface area (TPSA) is 492 Å². The Hall–Kier alpha value is -16.4. The number of H-pyrrole nitrogens is 6. The Balaban J connectivity index is 0.000000165. The van der Waals surface area contributed by atoms with Crippen LogP contribution in [0, 0.1) is 95.6 Å². The number of hydrogen-bond donors (Lipinski definition) is 9. The number of non-ortho nitro benzene ring substituents is 6. The van der Waals surface area contributed by atoms with Crippen molar-refractivity contribution in [1.29, 1.82) is 0 Å². The van der Waals surface area contributed by atoms with Crippen molar-refractivity contribution in [3.63, 3.8) is 0 Å². The Labute approximate surface area is 713 Å². The number of nitrogens with zero attached hydrogens (tertiary/aromatic N) is 6. The highest BCUT2D eigenvalue weighted by Gasteiger charge is 2.36. The van der Waals surface area contributed by atoms with Gasteiger partial charge in [-0.3, -0.25) is 70.3 Å². The lowest BCUT2D eigenvalue weighted by Crippen LogP contribution is -2.09. The van der Waals surface area contributed by atoms with Crippen LogP contribution in [0.5, 0.6) is 0 Å². The molecule has 9 N–H and O–H groups in total. The van der Waals surface area contributed by atoms with E-state index in [0.717, 1.165) is 121 Å². The van der Waals surface area contributed by atoms with Crippen molar-refractivity contribution in [2.45, 2.75) is 69.4 Å². The standard InChI is InChI=1S/C19H14F4N2O3.C18H12F4N2O4.C18H14F4N2O3.C11H9FN2O4.C9H5FN2O4.C8H5FN2O2/c1-10(26)6-14(11-2-4-12(5-3-11)19(21,22)23)16-9-24-18-15(16)7-13(20)8-17(18)25(27)28;19-11-5-13-14(8-23-17(13)15(6-11)24(27)28)12(7-16(25)26)9-1-3-10(4-2-9)18(20,21)22;19-12-7-14-15(9-23-17(14)16(8-12)24(26)27)13(5-6-25)10-1-3-11(4-2-10)18(20,21)22;1-2-18-11(15)8-4-6-3-7(12)5-9(14(16)17)10(6)13-8;10-5-1-4-2-6(9(13)14)11-8(4)7(3-5)12(15)16;9-6-3-5-1-2-10-8(5)7(4-6)11(12)13/h2-5,7-9,14,24H,6H2,1H3;1-6,8,12,23H,7H2,(H,25,26);1-4,7-9,13,23,25H,5-6H2;3-5,13H,2H2,1H3;1-3,11H,(H,13,14);1-4,10H. The van der Waals surface area contributed by atoms with Crippen molar-refractivity contribution < 1.29 is 135 Å². The second kappa shape index (κ2) is 39.4. The lowest BCUT2D eigenvalue weighted by atomic mass is 9.86. The van der Waals surface area contributed by atoms with Crippen molar-refractivity contribution >= 4 is 123 Å². The molecule has 0 aliphatic heterocycles. The first-order chi connectivity index (χ1) is 61.1. The zero-order chi connectivity index (χ0) is 95.6. The number of halogens is 15. The number of carbonyl (C=O) groups excluding carboxylic acids is 2. The molecule has 676 valence electrons. The van der Waals surface area contributed by atoms with Crippen LogP contribution in [0.4, 0.5) is 100.0 Å². The molecule has 0 amide bonds. The molecule has 15 aromatic rings. The second-order valence-corrected chi connectivity index (χ2v) is 27.9. The monoisotopic (exact) mass is 1830 g/mol. The fourth-order valence-electron chi connectivity index (χ4n) is 13.9. The second-order valence-electron chi connectivity index (χ2n) is 27.9. The first kappa shape index (κ1) is 95.8. The number of aliphatic hydroxyl groups excluding tert-OH is 1. The third-order valence-electron chi connectivity index (χ3n) is 19.5. The fourth-order valence-corrected chi connectivity index (χ4v) is 13.9. The van der Waals surface area contributed by atoms with Crippen LogP contribution in [0.25, 0.3) is 65.4 Å². The number of carboxylic acids is 2. The number of aromatic nitrogens is 6. The normalized spacial score (nSPS) is 12.1. The van der Waals surface area contributed by atoms with E-state index < -0.39 is 170 Å². The summed E-state index contributed by atoms with van der Waals surface area (Å²) in [5.74, 6) is -10.2. The van der Waals surface area contributed by atoms with E-state index in [0.29, 0.717) is 33.2 Å². The number of aliphatic hydroxyl groups is 1. The van der Waals surface area contributed by atoms with Crippen LogP contribution >= 0.6 is 0 Å². The molecule has 0 radical (unpaired) electrons. The van der Waals surface area contributed by atoms with Gasteiger partial charge in [0.1, 0.15) is 85.2 Å². The molecule has 3 unspecified atom stereocenters. The van der Waals surface area contributed by atoms with E-state index in [1.54, 1.807) is 13.0 Å². The van der Waals surface area contributed by atoms with Crippen LogP contribution in [-0.4, -0.2) is 112 Å². The molecule has 6 heterocycles. The van der Waals surface area contributed by atoms with Crippen molar-refractivity contribution in [2.75, 3.05) is 13.2 Å². The number of nitro benzene ring substituents is 6. The van der Waals surface area contributed by atoms with Crippen LogP contribution in [-0.2, 0) is 32.9 Å². The number of benzene rings is 9. The number of nitro groups is 6. The average molecular weight is 1830 g/mol. The summed E-state index contributed by atoms with van der Waals surface area (Å²) in [5.41, 5.74) is -2.37. The minimum absolute atomic E-state index is 0.00343. The summed E-state index contributed by atoms with van der Waals surface area (Å²) in [5, 5.41) is 94.1. The number of rotatable bonds is 21. The molecule has 0 aliphatic rings. The molecule has 0 saturated heterocycles. The number of nitrogens with one attached hydrogen (secondary N) is 6. The molecular formula is C83H59F15N12O20. The molecule has 15 rings (SSSR count). The molecule has 0 spiro atoms. The zero-order valence-corrected chi connectivity index (χ0v) is 65.8. The lowest BCUT2D eigenvalue weighted by Gasteiger charge is -2.17. The van der Waals surface area contributed by atoms with E-state index >= 15 is 0 Å². The maximum Gasteiger partial charge on any atom is 0.416 e. The SMILES string of the molecule is CC(=O)CC(c1ccc(C(F)(F)F)cc1)c1c[nH]c2c([N+](=O)[O-])cc(F)cc12.CCOC(=O)c1cc2cc(F)cc([N+](=O)[O-])c2[nH]1.O=C(O)CC(c1ccc(C(F)(F)F)cc1)c1c[nH]c2c([N+](=O)[O-])cc(F)cc12.O=C(O)c1cc2cc(F)cc([N+](=O)[O-])c2[nH]1.O=[N+]([O-])c1cc(F)cc2c(C(CCO)c3ccc(C(F)(F)F)cc3)c[nH]c12.O=[N+]([O-])c1cc(F)cc2cc[nH]c12. The molecule has 32 nitrogen and oxygen atoms in total. The van der Waals surface area contributed by atoms with E-state index in [1.165, 1.54) is 68.1 Å². The van der Waals surface area contributed by atoms with Crippen molar-refractivity contribution in [3.8, 4) is 0 Å². The number of aliphatic carboxylic acids is 1. The number of esters is 1. The molecule has 0 aliphatic carbocycles. The number of carboxylic acid groups (broad SMARTS) is 2. The summed E-state index contributed by atoms with van der Waals surface area (Å²) in [4.78, 5) is 122. The molecule has 0 saturated carbocycles. The highest BCUT2D eigenvalue weighted by atomic mass is 19.4. The van der Waals surface area contributed by atoms with Gasteiger partial charge in [-0.1, -0.05) is 36.4 Å². The predicted octanol–water partition coefficient (Wildman–Crippen LogP) is 21.5. The molecule has 0 fully saturated rings. The summed E-state index contributed by atoms with van der Waals surface area (Å²) in [7, 11) is 0. The molecule has 9 aromatic carbocycles. The number of fused-ring (bicyclic) bond motifs is 6. The first-order valence-electron chi connectivity index (χ1n) is 37.0. The van der Waals surface area contributed by atoms with Gasteiger partial charge in [0, 0.05) is 87.9 Å². The molecule has 130 heavy (non-hydrogen) atoms. The van der Waals surface area contributed by atoms with Gasteiger partial charge < -0.3 is 50.0 Å². The number of ether oxygens (including phenoxy) is 1. The minimum Gasteiger partial charge on any atom is -0.481 e. The van der Waals surface area contributed by atoms with Crippen LogP contribution in [0.1, 0.15) is 122 Å².